The second-order valence-corrected chi connectivity index (χ2v) is 6.75. The number of aryl methyl sites for hydroxylation is 1. The summed E-state index contributed by atoms with van der Waals surface area (Å²) in [6.45, 7) is 4.15. The van der Waals surface area contributed by atoms with Crippen LogP contribution in [-0.2, 0) is 0 Å². The Balaban J connectivity index is 2.26. The molecular weight excluding hydrogens is 278 g/mol. The Bertz CT molecular complexity index is 593. The number of nitrogens with two attached hydrogens (primary N) is 1. The van der Waals surface area contributed by atoms with Crippen molar-refractivity contribution in [2.45, 2.75) is 36.7 Å². The molecule has 2 heterocycles. The van der Waals surface area contributed by atoms with Crippen LogP contribution in [0.4, 0.5) is 0 Å². The maximum absolute atomic E-state index is 11.3. The highest BCUT2D eigenvalue weighted by atomic mass is 32.2. The van der Waals surface area contributed by atoms with Crippen LogP contribution in [0.2, 0.25) is 0 Å². The van der Waals surface area contributed by atoms with Crippen LogP contribution in [0.25, 0.3) is 0 Å². The number of thiophene rings is 1. The third kappa shape index (κ3) is 3.68. The molecule has 0 spiro atoms. The van der Waals surface area contributed by atoms with Crippen molar-refractivity contribution >= 4 is 23.1 Å². The van der Waals surface area contributed by atoms with Crippen molar-refractivity contribution in [2.24, 2.45) is 5.73 Å². The summed E-state index contributed by atoms with van der Waals surface area (Å²) < 4.78 is 0. The van der Waals surface area contributed by atoms with Gasteiger partial charge in [0.15, 0.2) is 5.16 Å². The first-order valence-electron chi connectivity index (χ1n) is 6.14. The van der Waals surface area contributed by atoms with Crippen LogP contribution in [0.3, 0.4) is 0 Å². The average Bonchev–Trinajstić information content (AvgIpc) is 2.81. The molecule has 2 unspecified atom stereocenters. The van der Waals surface area contributed by atoms with Crippen LogP contribution in [0.5, 0.6) is 0 Å². The van der Waals surface area contributed by atoms with E-state index in [1.807, 2.05) is 0 Å². The van der Waals surface area contributed by atoms with Gasteiger partial charge in [0.1, 0.15) is 0 Å². The van der Waals surface area contributed by atoms with Gasteiger partial charge >= 0.3 is 0 Å². The van der Waals surface area contributed by atoms with Gasteiger partial charge in [-0.15, -0.1) is 11.3 Å². The maximum Gasteiger partial charge on any atom is 0.251 e. The molecule has 2 atom stereocenters. The van der Waals surface area contributed by atoms with Crippen LogP contribution < -0.4 is 11.3 Å². The quantitative estimate of drug-likeness (QED) is 0.657. The summed E-state index contributed by atoms with van der Waals surface area (Å²) in [5.41, 5.74) is 6.07. The Morgan fingerprint density at radius 1 is 1.47 bits per heavy atom. The van der Waals surface area contributed by atoms with Crippen molar-refractivity contribution < 1.29 is 0 Å². The van der Waals surface area contributed by atoms with Gasteiger partial charge in [-0.3, -0.25) is 4.79 Å². The van der Waals surface area contributed by atoms with Gasteiger partial charge in [-0.1, -0.05) is 18.7 Å². The monoisotopic (exact) mass is 295 g/mol. The molecule has 4 nitrogen and oxygen atoms in total. The summed E-state index contributed by atoms with van der Waals surface area (Å²) in [6.07, 6.45) is 2.40. The fraction of sp³-hybridized carbons (Fsp3) is 0.385. The summed E-state index contributed by atoms with van der Waals surface area (Å²) in [5.74, 6) is 0. The maximum atomic E-state index is 11.3. The van der Waals surface area contributed by atoms with E-state index in [4.69, 9.17) is 5.73 Å². The lowest BCUT2D eigenvalue weighted by Crippen LogP contribution is -2.25. The molecule has 0 bridgehead atoms. The molecule has 19 heavy (non-hydrogen) atoms. The normalized spacial score (nSPS) is 14.3. The van der Waals surface area contributed by atoms with Crippen LogP contribution in [-0.4, -0.2) is 16.0 Å². The summed E-state index contributed by atoms with van der Waals surface area (Å²) in [4.78, 5) is 20.7. The van der Waals surface area contributed by atoms with E-state index in [2.05, 4.69) is 35.9 Å². The average molecular weight is 295 g/mol. The number of H-pyrrole nitrogens is 1. The van der Waals surface area contributed by atoms with E-state index < -0.39 is 0 Å². The number of nitrogens with one attached hydrogen (secondary N) is 1. The summed E-state index contributed by atoms with van der Waals surface area (Å²) in [6, 6.07) is 5.65. The molecular formula is C13H17N3OS2. The highest BCUT2D eigenvalue weighted by molar-refractivity contribution is 7.99. The van der Waals surface area contributed by atoms with Crippen LogP contribution >= 0.6 is 23.1 Å². The number of hydrogen-bond acceptors (Lipinski definition) is 5. The Morgan fingerprint density at radius 3 is 2.84 bits per heavy atom. The Kier molecular flexibility index (Phi) is 4.79. The van der Waals surface area contributed by atoms with Gasteiger partial charge in [0.05, 0.1) is 5.25 Å². The molecule has 0 fully saturated rings. The van der Waals surface area contributed by atoms with E-state index in [1.165, 1.54) is 33.8 Å². The van der Waals surface area contributed by atoms with E-state index in [0.29, 0.717) is 5.16 Å². The van der Waals surface area contributed by atoms with Gasteiger partial charge in [-0.2, -0.15) is 0 Å². The number of aromatic amines is 1. The lowest BCUT2D eigenvalue weighted by molar-refractivity contribution is 0.638. The molecule has 102 valence electrons. The van der Waals surface area contributed by atoms with Crippen molar-refractivity contribution in [1.82, 2.24) is 9.97 Å². The van der Waals surface area contributed by atoms with Crippen molar-refractivity contribution in [1.29, 1.82) is 0 Å². The first kappa shape index (κ1) is 14.3. The number of aromatic nitrogens is 2. The molecule has 2 aromatic rings. The molecule has 3 N–H and O–H groups in total. The minimum absolute atomic E-state index is 0.0357. The highest BCUT2D eigenvalue weighted by Gasteiger charge is 2.22. The second-order valence-electron chi connectivity index (χ2n) is 4.30. The zero-order chi connectivity index (χ0) is 13.8. The second kappa shape index (κ2) is 6.36. The van der Waals surface area contributed by atoms with E-state index in [-0.39, 0.29) is 16.9 Å². The van der Waals surface area contributed by atoms with Gasteiger partial charge < -0.3 is 10.7 Å². The molecule has 2 rings (SSSR count). The van der Waals surface area contributed by atoms with Crippen molar-refractivity contribution in [3.05, 3.63) is 44.5 Å². The van der Waals surface area contributed by atoms with E-state index in [1.54, 1.807) is 11.3 Å². The van der Waals surface area contributed by atoms with Crippen LogP contribution in [0.15, 0.2) is 34.3 Å². The SMILES string of the molecule is CCC(N)C(Sc1nccc(=O)[nH]1)c1ccc(C)s1. The molecule has 0 aliphatic carbocycles. The molecule has 2 aromatic heterocycles. The first-order chi connectivity index (χ1) is 9.10. The Hall–Kier alpha value is -1.11. The topological polar surface area (TPSA) is 71.8 Å². The molecule has 0 aliphatic heterocycles. The summed E-state index contributed by atoms with van der Waals surface area (Å²) >= 11 is 3.26. The van der Waals surface area contributed by atoms with Crippen molar-refractivity contribution in [3.63, 3.8) is 0 Å². The van der Waals surface area contributed by atoms with Gasteiger partial charge in [-0.25, -0.2) is 4.98 Å². The molecule has 0 saturated carbocycles. The molecule has 0 aromatic carbocycles. The fourth-order valence-corrected chi connectivity index (χ4v) is 4.02. The zero-order valence-corrected chi connectivity index (χ0v) is 12.6. The van der Waals surface area contributed by atoms with E-state index in [0.717, 1.165) is 6.42 Å². The van der Waals surface area contributed by atoms with Crippen LogP contribution in [0.1, 0.15) is 28.3 Å². The van der Waals surface area contributed by atoms with Gasteiger partial charge in [0, 0.05) is 28.1 Å². The highest BCUT2D eigenvalue weighted by Crippen LogP contribution is 2.39. The largest absolute Gasteiger partial charge is 0.326 e. The standard InChI is InChI=1S/C13H17N3OS2/c1-3-9(14)12(10-5-4-8(2)18-10)19-13-15-7-6-11(17)16-13/h4-7,9,12H,3,14H2,1-2H3,(H,15,16,17). The molecule has 0 amide bonds. The summed E-state index contributed by atoms with van der Waals surface area (Å²) in [7, 11) is 0. The minimum atomic E-state index is -0.135. The van der Waals surface area contributed by atoms with E-state index in [9.17, 15) is 4.79 Å². The minimum Gasteiger partial charge on any atom is -0.326 e. The predicted octanol–water partition coefficient (Wildman–Crippen LogP) is 2.71. The molecule has 6 heteroatoms. The third-order valence-corrected chi connectivity index (χ3v) is 5.31. The zero-order valence-electron chi connectivity index (χ0n) is 10.9. The Morgan fingerprint density at radius 2 is 2.26 bits per heavy atom. The van der Waals surface area contributed by atoms with E-state index >= 15 is 0 Å². The number of thioether (sulfide) groups is 1. The smallest absolute Gasteiger partial charge is 0.251 e. The molecule has 0 radical (unpaired) electrons. The summed E-state index contributed by atoms with van der Waals surface area (Å²) in [5, 5.41) is 0.738. The van der Waals surface area contributed by atoms with Crippen molar-refractivity contribution in [3.8, 4) is 0 Å². The lowest BCUT2D eigenvalue weighted by atomic mass is 10.1. The molecule has 0 saturated heterocycles. The van der Waals surface area contributed by atoms with Gasteiger partial charge in [-0.05, 0) is 25.5 Å². The third-order valence-electron chi connectivity index (χ3n) is 2.79. The Labute approximate surface area is 120 Å². The lowest BCUT2D eigenvalue weighted by Gasteiger charge is -2.20. The van der Waals surface area contributed by atoms with Gasteiger partial charge in [0.25, 0.3) is 5.56 Å². The predicted molar refractivity (Wildman–Crippen MR) is 80.8 cm³/mol. The number of hydrogen-bond donors (Lipinski definition) is 2. The van der Waals surface area contributed by atoms with Crippen molar-refractivity contribution in [2.75, 3.05) is 0 Å². The first-order valence-corrected chi connectivity index (χ1v) is 7.83. The molecule has 0 aliphatic rings. The fourth-order valence-electron chi connectivity index (χ4n) is 1.71. The van der Waals surface area contributed by atoms with Crippen LogP contribution in [0, 0.1) is 6.92 Å². The number of nitrogens with zero attached hydrogens (tertiary/aromatic N) is 1. The van der Waals surface area contributed by atoms with Gasteiger partial charge in [0.2, 0.25) is 0 Å². The number of rotatable bonds is 5.